The maximum atomic E-state index is 14.6. The molecule has 12 heteroatoms. The summed E-state index contributed by atoms with van der Waals surface area (Å²) >= 11 is 0. The minimum atomic E-state index is -1.82. The molecule has 1 fully saturated rings. The van der Waals surface area contributed by atoms with Crippen LogP contribution in [-0.4, -0.2) is 78.4 Å². The molecular weight excluding hydrogens is 660 g/mol. The molecule has 0 spiro atoms. The Balaban J connectivity index is 2.44. The zero-order valence-corrected chi connectivity index (χ0v) is 31.3. The molecular formula is C39H52O12. The predicted octanol–water partition coefficient (Wildman–Crippen LogP) is 5.51. The van der Waals surface area contributed by atoms with E-state index in [-0.39, 0.29) is 43.1 Å². The molecule has 1 aromatic rings. The number of benzene rings is 1. The van der Waals surface area contributed by atoms with E-state index in [9.17, 15) is 28.8 Å². The van der Waals surface area contributed by atoms with Gasteiger partial charge in [-0.25, -0.2) is 4.79 Å². The lowest BCUT2D eigenvalue weighted by Crippen LogP contribution is -2.53. The number of ether oxygens (including phenoxy) is 6. The van der Waals surface area contributed by atoms with Crippen molar-refractivity contribution in [2.75, 3.05) is 13.2 Å². The van der Waals surface area contributed by atoms with E-state index in [4.69, 9.17) is 28.4 Å². The third-order valence-electron chi connectivity index (χ3n) is 8.96. The molecule has 2 aliphatic rings. The van der Waals surface area contributed by atoms with Crippen molar-refractivity contribution in [2.45, 2.75) is 112 Å². The van der Waals surface area contributed by atoms with Gasteiger partial charge in [0.05, 0.1) is 5.56 Å². The smallest absolute Gasteiger partial charge is 0.338 e. The first-order valence-corrected chi connectivity index (χ1v) is 17.2. The van der Waals surface area contributed by atoms with E-state index in [1.165, 1.54) is 27.7 Å². The van der Waals surface area contributed by atoms with Crippen molar-refractivity contribution in [3.05, 3.63) is 59.7 Å². The maximum absolute atomic E-state index is 14.6. The standard InChI is InChI=1S/C39H52O12/c1-23(2)20-47-32-30(21-46-25(4)40)18-31-19-38(10,50-27(6)42)22-39(31,51-28(7)43)34(44)24(3)16-17-37(8,9)35(33(32)48-26(5)41)49-36(45)29-14-12-11-13-15-29/h11-18,23-24,31-33,35H,19-22H2,1-10H3/b17-16-,30-18+/t24-,31-,32+,33-,35?,38+,39-/m1/s1. The van der Waals surface area contributed by atoms with Crippen molar-refractivity contribution in [2.24, 2.45) is 23.2 Å². The summed E-state index contributed by atoms with van der Waals surface area (Å²) in [4.78, 5) is 78.6. The van der Waals surface area contributed by atoms with Crippen molar-refractivity contribution < 1.29 is 57.2 Å². The Hall–Kier alpha value is -4.32. The highest BCUT2D eigenvalue weighted by molar-refractivity contribution is 5.94. The third kappa shape index (κ3) is 10.6. The zero-order chi connectivity index (χ0) is 38.3. The molecule has 3 rings (SSSR count). The fourth-order valence-electron chi connectivity index (χ4n) is 6.91. The number of rotatable bonds is 10. The van der Waals surface area contributed by atoms with Crippen LogP contribution in [-0.2, 0) is 52.4 Å². The largest absolute Gasteiger partial charge is 0.461 e. The summed E-state index contributed by atoms with van der Waals surface area (Å²) in [6.45, 7) is 15.3. The van der Waals surface area contributed by atoms with E-state index < -0.39 is 82.4 Å². The summed E-state index contributed by atoms with van der Waals surface area (Å²) in [5.41, 5.74) is -3.67. The number of hydrogen-bond acceptors (Lipinski definition) is 12. The minimum Gasteiger partial charge on any atom is -0.461 e. The second-order valence-electron chi connectivity index (χ2n) is 14.8. The van der Waals surface area contributed by atoms with Crippen LogP contribution >= 0.6 is 0 Å². The van der Waals surface area contributed by atoms with Crippen LogP contribution in [0.4, 0.5) is 0 Å². The number of carbonyl (C=O) groups is 6. The van der Waals surface area contributed by atoms with Crippen LogP contribution in [0.15, 0.2) is 54.1 Å². The van der Waals surface area contributed by atoms with E-state index in [1.54, 1.807) is 76.3 Å². The molecule has 280 valence electrons. The number of fused-ring (bicyclic) bond motifs is 1. The highest BCUT2D eigenvalue weighted by Crippen LogP contribution is 2.50. The first-order valence-electron chi connectivity index (χ1n) is 17.2. The number of hydrogen-bond donors (Lipinski definition) is 0. The van der Waals surface area contributed by atoms with Crippen molar-refractivity contribution >= 4 is 35.6 Å². The number of ketones is 1. The fraction of sp³-hybridized carbons (Fsp3) is 0.590. The van der Waals surface area contributed by atoms with Crippen LogP contribution in [0.2, 0.25) is 0 Å². The Morgan fingerprint density at radius 1 is 0.863 bits per heavy atom. The van der Waals surface area contributed by atoms with Gasteiger partial charge in [0.15, 0.2) is 23.6 Å². The molecule has 12 nitrogen and oxygen atoms in total. The number of esters is 5. The van der Waals surface area contributed by atoms with E-state index in [2.05, 4.69) is 0 Å². The van der Waals surface area contributed by atoms with Gasteiger partial charge in [-0.2, -0.15) is 0 Å². The van der Waals surface area contributed by atoms with Crippen molar-refractivity contribution in [1.29, 1.82) is 0 Å². The van der Waals surface area contributed by atoms with Crippen LogP contribution < -0.4 is 0 Å². The van der Waals surface area contributed by atoms with Gasteiger partial charge in [0, 0.05) is 58.0 Å². The monoisotopic (exact) mass is 712 g/mol. The summed E-state index contributed by atoms with van der Waals surface area (Å²) < 4.78 is 36.0. The van der Waals surface area contributed by atoms with Crippen LogP contribution in [0, 0.1) is 23.2 Å². The molecule has 0 heterocycles. The third-order valence-corrected chi connectivity index (χ3v) is 8.96. The molecule has 0 amide bonds. The molecule has 51 heavy (non-hydrogen) atoms. The normalized spacial score (nSPS) is 30.7. The van der Waals surface area contributed by atoms with Crippen LogP contribution in [0.25, 0.3) is 0 Å². The van der Waals surface area contributed by atoms with Gasteiger partial charge in [-0.15, -0.1) is 0 Å². The molecule has 0 saturated heterocycles. The summed E-state index contributed by atoms with van der Waals surface area (Å²) in [5.74, 6) is -5.60. The lowest BCUT2D eigenvalue weighted by molar-refractivity contribution is -0.174. The predicted molar refractivity (Wildman–Crippen MR) is 185 cm³/mol. The molecule has 0 aromatic heterocycles. The van der Waals surface area contributed by atoms with Gasteiger partial charge in [0.25, 0.3) is 0 Å². The number of Topliss-reactive ketones (excluding diaryl/α,β-unsaturated/α-hetero) is 1. The Labute approximate surface area is 300 Å². The van der Waals surface area contributed by atoms with Gasteiger partial charge >= 0.3 is 29.8 Å². The Morgan fingerprint density at radius 2 is 1.49 bits per heavy atom. The summed E-state index contributed by atoms with van der Waals surface area (Å²) in [6.07, 6.45) is 1.11. The average molecular weight is 713 g/mol. The van der Waals surface area contributed by atoms with E-state index in [0.717, 1.165) is 0 Å². The Kier molecular flexibility index (Phi) is 13.5. The summed E-state index contributed by atoms with van der Waals surface area (Å²) in [5, 5.41) is 0. The molecule has 0 radical (unpaired) electrons. The van der Waals surface area contributed by atoms with Crippen LogP contribution in [0.5, 0.6) is 0 Å². The second-order valence-corrected chi connectivity index (χ2v) is 14.8. The molecule has 1 saturated carbocycles. The maximum Gasteiger partial charge on any atom is 0.338 e. The van der Waals surface area contributed by atoms with Crippen LogP contribution in [0.3, 0.4) is 0 Å². The molecule has 2 aliphatic carbocycles. The van der Waals surface area contributed by atoms with Gasteiger partial charge in [0.2, 0.25) is 0 Å². The quantitative estimate of drug-likeness (QED) is 0.170. The highest BCUT2D eigenvalue weighted by atomic mass is 16.6. The fourth-order valence-corrected chi connectivity index (χ4v) is 6.91. The Morgan fingerprint density at radius 3 is 2.04 bits per heavy atom. The lowest BCUT2D eigenvalue weighted by atomic mass is 9.75. The number of carbonyl (C=O) groups excluding carboxylic acids is 6. The second kappa shape index (κ2) is 16.8. The van der Waals surface area contributed by atoms with Gasteiger partial charge < -0.3 is 28.4 Å². The van der Waals surface area contributed by atoms with Gasteiger partial charge in [-0.05, 0) is 37.0 Å². The molecule has 0 bridgehead atoms. The zero-order valence-electron chi connectivity index (χ0n) is 31.3. The lowest BCUT2D eigenvalue weighted by Gasteiger charge is -2.41. The van der Waals surface area contributed by atoms with Crippen molar-refractivity contribution in [3.8, 4) is 0 Å². The van der Waals surface area contributed by atoms with Crippen LogP contribution in [0.1, 0.15) is 92.4 Å². The summed E-state index contributed by atoms with van der Waals surface area (Å²) in [6, 6.07) is 8.32. The molecule has 0 aliphatic heterocycles. The SMILES string of the molecule is CC(=O)OC/C1=C\[C@@H]2C[C@](C)(OC(C)=O)C[C@]2(OC(C)=O)C(=O)[C@H](C)/C=C\C(C)(C)C(OC(=O)c2ccccc2)[C@H](OC(C)=O)[C@H]1OCC(C)C. The van der Waals surface area contributed by atoms with Crippen molar-refractivity contribution in [3.63, 3.8) is 0 Å². The topological polar surface area (TPSA) is 158 Å². The first kappa shape index (κ1) is 41.1. The molecule has 1 aromatic carbocycles. The molecule has 7 atom stereocenters. The van der Waals surface area contributed by atoms with Gasteiger partial charge in [-0.1, -0.05) is 71.0 Å². The van der Waals surface area contributed by atoms with E-state index in [1.807, 2.05) is 13.8 Å². The average Bonchev–Trinajstić information content (AvgIpc) is 3.29. The van der Waals surface area contributed by atoms with E-state index in [0.29, 0.717) is 0 Å². The van der Waals surface area contributed by atoms with Gasteiger partial charge in [0.1, 0.15) is 18.3 Å². The minimum absolute atomic E-state index is 0.0288. The number of allylic oxidation sites excluding steroid dienone is 1. The molecule has 0 N–H and O–H groups in total. The van der Waals surface area contributed by atoms with Crippen molar-refractivity contribution in [1.82, 2.24) is 0 Å². The first-order chi connectivity index (χ1) is 23.7. The summed E-state index contributed by atoms with van der Waals surface area (Å²) in [7, 11) is 0. The highest BCUT2D eigenvalue weighted by Gasteiger charge is 2.61. The van der Waals surface area contributed by atoms with E-state index >= 15 is 0 Å². The molecule has 1 unspecified atom stereocenters. The Bertz CT molecular complexity index is 1530. The van der Waals surface area contributed by atoms with Gasteiger partial charge in [-0.3, -0.25) is 24.0 Å².